The topological polar surface area (TPSA) is 96.6 Å². The highest BCUT2D eigenvalue weighted by atomic mass is 16.6. The third-order valence-electron chi connectivity index (χ3n) is 3.73. The van der Waals surface area contributed by atoms with Gasteiger partial charge in [0.15, 0.2) is 0 Å². The van der Waals surface area contributed by atoms with Gasteiger partial charge in [0, 0.05) is 24.3 Å². The molecule has 20 heavy (non-hydrogen) atoms. The fraction of sp³-hybridized carbons (Fsp3) is 0.538. The van der Waals surface area contributed by atoms with E-state index in [2.05, 4.69) is 4.98 Å². The molecule has 7 nitrogen and oxygen atoms in total. The number of aromatic carboxylic acids is 1. The van der Waals surface area contributed by atoms with Crippen molar-refractivity contribution in [3.05, 3.63) is 27.9 Å². The molecule has 1 aliphatic heterocycles. The summed E-state index contributed by atoms with van der Waals surface area (Å²) < 4.78 is 0. The summed E-state index contributed by atoms with van der Waals surface area (Å²) in [5.74, 6) is -0.952. The average Bonchev–Trinajstić information content (AvgIpc) is 2.38. The zero-order valence-corrected chi connectivity index (χ0v) is 11.4. The lowest BCUT2D eigenvalue weighted by molar-refractivity contribution is -0.384. The van der Waals surface area contributed by atoms with E-state index in [1.807, 2.05) is 18.7 Å². The van der Waals surface area contributed by atoms with Crippen LogP contribution >= 0.6 is 0 Å². The molecule has 7 heteroatoms. The highest BCUT2D eigenvalue weighted by Crippen LogP contribution is 2.34. The van der Waals surface area contributed by atoms with Crippen LogP contribution in [-0.4, -0.2) is 33.1 Å². The maximum atomic E-state index is 11.2. The summed E-state index contributed by atoms with van der Waals surface area (Å²) in [7, 11) is 0. The van der Waals surface area contributed by atoms with Gasteiger partial charge in [-0.3, -0.25) is 10.1 Å². The number of hydrogen-bond donors (Lipinski definition) is 1. The highest BCUT2D eigenvalue weighted by Gasteiger charge is 2.32. The molecule has 0 bridgehead atoms. The maximum absolute atomic E-state index is 11.2. The number of anilines is 1. The zero-order chi connectivity index (χ0) is 14.9. The largest absolute Gasteiger partial charge is 0.478 e. The van der Waals surface area contributed by atoms with Crippen LogP contribution in [0.5, 0.6) is 0 Å². The van der Waals surface area contributed by atoms with Gasteiger partial charge in [0.1, 0.15) is 0 Å². The number of pyridine rings is 1. The fourth-order valence-corrected chi connectivity index (χ4v) is 2.73. The van der Waals surface area contributed by atoms with Gasteiger partial charge in [-0.15, -0.1) is 0 Å². The summed E-state index contributed by atoms with van der Waals surface area (Å²) in [4.78, 5) is 27.5. The van der Waals surface area contributed by atoms with Crippen molar-refractivity contribution in [1.82, 2.24) is 4.98 Å². The van der Waals surface area contributed by atoms with Crippen molar-refractivity contribution in [1.29, 1.82) is 0 Å². The summed E-state index contributed by atoms with van der Waals surface area (Å²) in [6.07, 6.45) is 4.16. The second-order valence-corrected chi connectivity index (χ2v) is 5.17. The van der Waals surface area contributed by atoms with E-state index in [-0.39, 0.29) is 29.2 Å². The first-order valence-corrected chi connectivity index (χ1v) is 6.58. The number of nitrogens with zero attached hydrogens (tertiary/aromatic N) is 3. The Bertz CT molecular complexity index is 536. The molecule has 2 heterocycles. The van der Waals surface area contributed by atoms with Gasteiger partial charge in [-0.1, -0.05) is 0 Å². The van der Waals surface area contributed by atoms with Crippen LogP contribution in [0.15, 0.2) is 12.3 Å². The van der Waals surface area contributed by atoms with Crippen LogP contribution in [0.4, 0.5) is 11.5 Å². The quantitative estimate of drug-likeness (QED) is 0.674. The molecule has 1 aromatic heterocycles. The van der Waals surface area contributed by atoms with Crippen molar-refractivity contribution < 1.29 is 14.8 Å². The van der Waals surface area contributed by atoms with E-state index < -0.39 is 10.9 Å². The van der Waals surface area contributed by atoms with Crippen molar-refractivity contribution in [2.24, 2.45) is 0 Å². The third-order valence-corrected chi connectivity index (χ3v) is 3.73. The Morgan fingerprint density at radius 2 is 2.05 bits per heavy atom. The summed E-state index contributed by atoms with van der Waals surface area (Å²) in [5.41, 5.74) is -0.414. The van der Waals surface area contributed by atoms with Crippen LogP contribution < -0.4 is 4.90 Å². The van der Waals surface area contributed by atoms with Gasteiger partial charge < -0.3 is 10.0 Å². The number of rotatable bonds is 3. The van der Waals surface area contributed by atoms with Gasteiger partial charge in [-0.25, -0.2) is 9.78 Å². The van der Waals surface area contributed by atoms with E-state index >= 15 is 0 Å². The Kier molecular flexibility index (Phi) is 3.87. The van der Waals surface area contributed by atoms with Gasteiger partial charge in [0.2, 0.25) is 5.82 Å². The number of carboxylic acid groups (broad SMARTS) is 1. The van der Waals surface area contributed by atoms with Gasteiger partial charge in [0.25, 0.3) is 0 Å². The minimum Gasteiger partial charge on any atom is -0.478 e. The molecule has 0 aliphatic carbocycles. The van der Waals surface area contributed by atoms with Gasteiger partial charge in [-0.05, 0) is 33.1 Å². The van der Waals surface area contributed by atoms with Crippen molar-refractivity contribution in [3.8, 4) is 0 Å². The number of carboxylic acids is 1. The number of carbonyl (C=O) groups is 1. The smallest absolute Gasteiger partial charge is 0.337 e. The number of aromatic nitrogens is 1. The van der Waals surface area contributed by atoms with E-state index in [4.69, 9.17) is 5.11 Å². The van der Waals surface area contributed by atoms with E-state index in [1.54, 1.807) is 0 Å². The molecule has 1 fully saturated rings. The van der Waals surface area contributed by atoms with Crippen molar-refractivity contribution in [2.45, 2.75) is 45.2 Å². The van der Waals surface area contributed by atoms with E-state index in [1.165, 1.54) is 6.20 Å². The number of nitro groups is 1. The molecule has 1 aromatic rings. The first kappa shape index (κ1) is 14.2. The molecule has 1 N–H and O–H groups in total. The van der Waals surface area contributed by atoms with Crippen molar-refractivity contribution in [3.63, 3.8) is 0 Å². The minimum atomic E-state index is -1.22. The Hall–Kier alpha value is -2.18. The van der Waals surface area contributed by atoms with Crippen molar-refractivity contribution >= 4 is 17.5 Å². The van der Waals surface area contributed by atoms with Gasteiger partial charge >= 0.3 is 11.7 Å². The van der Waals surface area contributed by atoms with Crippen LogP contribution in [0.25, 0.3) is 0 Å². The van der Waals surface area contributed by atoms with E-state index in [0.29, 0.717) is 0 Å². The maximum Gasteiger partial charge on any atom is 0.337 e. The summed E-state index contributed by atoms with van der Waals surface area (Å²) in [6, 6.07) is 1.39. The third kappa shape index (κ3) is 2.56. The molecule has 0 amide bonds. The summed E-state index contributed by atoms with van der Waals surface area (Å²) in [5, 5.41) is 20.1. The lowest BCUT2D eigenvalue weighted by atomic mass is 9.97. The minimum absolute atomic E-state index is 0.153. The second-order valence-electron chi connectivity index (χ2n) is 5.17. The van der Waals surface area contributed by atoms with Crippen LogP contribution in [-0.2, 0) is 0 Å². The van der Waals surface area contributed by atoms with Gasteiger partial charge in [0.05, 0.1) is 10.5 Å². The normalized spacial score (nSPS) is 22.6. The molecular weight excluding hydrogens is 262 g/mol. The first-order valence-electron chi connectivity index (χ1n) is 6.58. The molecule has 108 valence electrons. The van der Waals surface area contributed by atoms with E-state index in [0.717, 1.165) is 25.3 Å². The molecule has 0 spiro atoms. The SMILES string of the molecule is CC1CCCC(C)N1c1ncc(C(=O)O)cc1[N+](=O)[O-]. The monoisotopic (exact) mass is 279 g/mol. The first-order chi connectivity index (χ1) is 9.41. The standard InChI is InChI=1S/C13H17N3O4/c1-8-4-3-5-9(2)15(8)12-11(16(19)20)6-10(7-14-12)13(17)18/h6-9H,3-5H2,1-2H3,(H,17,18). The van der Waals surface area contributed by atoms with E-state index in [9.17, 15) is 14.9 Å². The Morgan fingerprint density at radius 3 is 2.55 bits per heavy atom. The predicted octanol–water partition coefficient (Wildman–Crippen LogP) is 2.46. The average molecular weight is 279 g/mol. The number of piperidine rings is 1. The molecule has 1 saturated heterocycles. The lowest BCUT2D eigenvalue weighted by Crippen LogP contribution is -2.44. The van der Waals surface area contributed by atoms with Crippen LogP contribution in [0.1, 0.15) is 43.5 Å². The molecule has 0 radical (unpaired) electrons. The van der Waals surface area contributed by atoms with Crippen LogP contribution in [0.2, 0.25) is 0 Å². The highest BCUT2D eigenvalue weighted by molar-refractivity contribution is 5.88. The Labute approximate surface area is 116 Å². The molecule has 0 aromatic carbocycles. The predicted molar refractivity (Wildman–Crippen MR) is 73.1 cm³/mol. The Balaban J connectivity index is 2.49. The Morgan fingerprint density at radius 1 is 1.45 bits per heavy atom. The second kappa shape index (κ2) is 5.44. The number of hydrogen-bond acceptors (Lipinski definition) is 5. The van der Waals surface area contributed by atoms with Crippen molar-refractivity contribution in [2.75, 3.05) is 4.90 Å². The molecule has 2 atom stereocenters. The molecule has 2 rings (SSSR count). The molecular formula is C13H17N3O4. The summed E-state index contributed by atoms with van der Waals surface area (Å²) >= 11 is 0. The van der Waals surface area contributed by atoms with Crippen LogP contribution in [0.3, 0.4) is 0 Å². The van der Waals surface area contributed by atoms with Crippen LogP contribution in [0, 0.1) is 10.1 Å². The molecule has 1 aliphatic rings. The molecule has 0 saturated carbocycles. The zero-order valence-electron chi connectivity index (χ0n) is 11.4. The lowest BCUT2D eigenvalue weighted by Gasteiger charge is -2.39. The van der Waals surface area contributed by atoms with Gasteiger partial charge in [-0.2, -0.15) is 0 Å². The fourth-order valence-electron chi connectivity index (χ4n) is 2.73. The molecule has 2 unspecified atom stereocenters. The summed E-state index contributed by atoms with van der Waals surface area (Å²) in [6.45, 7) is 4.01.